The zero-order valence-corrected chi connectivity index (χ0v) is 5.31. The first-order chi connectivity index (χ1) is 3.80. The molecule has 0 saturated heterocycles. The molecular formula is C5H7N2P. The van der Waals surface area contributed by atoms with Gasteiger partial charge in [-0.25, -0.2) is 0 Å². The van der Waals surface area contributed by atoms with Crippen LogP contribution in [0.5, 0.6) is 0 Å². The third-order valence-electron chi connectivity index (χ3n) is 0.888. The van der Waals surface area contributed by atoms with Gasteiger partial charge in [0.15, 0.2) is 0 Å². The number of rotatable bonds is 1. The molecule has 3 heteroatoms. The highest BCUT2D eigenvalue weighted by Gasteiger charge is 1.90. The standard InChI is InChI=1S/C5H7N2P/c6-5(7)4-2-1-3-8-4/h1-3,8H,(H3,6,7). The zero-order valence-electron chi connectivity index (χ0n) is 4.31. The highest BCUT2D eigenvalue weighted by Crippen LogP contribution is 2.12. The van der Waals surface area contributed by atoms with E-state index in [9.17, 15) is 0 Å². The molecular weight excluding hydrogens is 119 g/mol. The zero-order chi connectivity index (χ0) is 5.98. The number of nitrogens with two attached hydrogens (primary N) is 1. The Morgan fingerprint density at radius 3 is 2.75 bits per heavy atom. The molecule has 1 aromatic heterocycles. The Bertz CT molecular complexity index is 178. The van der Waals surface area contributed by atoms with Crippen LogP contribution in [-0.4, -0.2) is 5.84 Å². The predicted octanol–water partition coefficient (Wildman–Crippen LogP) is 1.00. The summed E-state index contributed by atoms with van der Waals surface area (Å²) in [6.07, 6.45) is 0. The van der Waals surface area contributed by atoms with Crippen LogP contribution >= 0.6 is 8.19 Å². The maximum absolute atomic E-state index is 6.97. The molecule has 1 atom stereocenters. The fourth-order valence-electron chi connectivity index (χ4n) is 0.498. The lowest BCUT2D eigenvalue weighted by Gasteiger charge is -1.86. The van der Waals surface area contributed by atoms with Crippen LogP contribution in [0.1, 0.15) is 5.30 Å². The van der Waals surface area contributed by atoms with Gasteiger partial charge in [-0.2, -0.15) is 0 Å². The Kier molecular flexibility index (Phi) is 1.36. The molecule has 1 rings (SSSR count). The first kappa shape index (κ1) is 5.39. The molecule has 42 valence electrons. The van der Waals surface area contributed by atoms with Crippen molar-refractivity contribution in [2.45, 2.75) is 0 Å². The maximum atomic E-state index is 6.97. The highest BCUT2D eigenvalue weighted by molar-refractivity contribution is 7.31. The molecule has 0 radical (unpaired) electrons. The fraction of sp³-hybridized carbons (Fsp3) is 0. The topological polar surface area (TPSA) is 49.9 Å². The monoisotopic (exact) mass is 126 g/mol. The summed E-state index contributed by atoms with van der Waals surface area (Å²) in [6, 6.07) is 3.80. The van der Waals surface area contributed by atoms with Gasteiger partial charge < -0.3 is 5.73 Å². The number of hydrogen-bond donors (Lipinski definition) is 2. The molecule has 0 bridgehead atoms. The first-order valence-electron chi connectivity index (χ1n) is 2.28. The van der Waals surface area contributed by atoms with Gasteiger partial charge in [0.1, 0.15) is 5.84 Å². The fourth-order valence-corrected chi connectivity index (χ4v) is 1.22. The molecule has 0 amide bonds. The molecule has 2 nitrogen and oxygen atoms in total. The van der Waals surface area contributed by atoms with Gasteiger partial charge in [-0.15, -0.1) is 8.19 Å². The van der Waals surface area contributed by atoms with Gasteiger partial charge in [0.2, 0.25) is 0 Å². The predicted molar refractivity (Wildman–Crippen MR) is 37.0 cm³/mol. The molecule has 0 aliphatic heterocycles. The van der Waals surface area contributed by atoms with Crippen molar-refractivity contribution >= 4 is 14.0 Å². The normalized spacial score (nSPS) is 10.0. The van der Waals surface area contributed by atoms with Gasteiger partial charge in [0.05, 0.1) is 0 Å². The number of nitrogen functional groups attached to an aromatic ring is 1. The van der Waals surface area contributed by atoms with E-state index >= 15 is 0 Å². The second-order valence-corrected chi connectivity index (χ2v) is 2.66. The second-order valence-electron chi connectivity index (χ2n) is 1.50. The number of nitrogens with one attached hydrogen (secondary N) is 1. The minimum absolute atomic E-state index is 0.202. The Hall–Kier alpha value is -0.750. The largest absolute Gasteiger partial charge is 0.383 e. The summed E-state index contributed by atoms with van der Waals surface area (Å²) < 4.78 is 0. The molecule has 3 N–H and O–H groups in total. The summed E-state index contributed by atoms with van der Waals surface area (Å²) in [5.74, 6) is 2.21. The quantitative estimate of drug-likeness (QED) is 0.428. The third-order valence-corrected chi connectivity index (χ3v) is 1.99. The number of hydrogen-bond acceptors (Lipinski definition) is 1. The lowest BCUT2D eigenvalue weighted by Crippen LogP contribution is -2.07. The molecule has 8 heavy (non-hydrogen) atoms. The van der Waals surface area contributed by atoms with E-state index in [2.05, 4.69) is 0 Å². The van der Waals surface area contributed by atoms with Crippen molar-refractivity contribution in [1.29, 1.82) is 5.41 Å². The summed E-state index contributed by atoms with van der Waals surface area (Å²) in [7, 11) is 0.611. The van der Waals surface area contributed by atoms with E-state index in [4.69, 9.17) is 11.1 Å². The van der Waals surface area contributed by atoms with Crippen LogP contribution < -0.4 is 5.73 Å². The van der Waals surface area contributed by atoms with Crippen LogP contribution in [0.15, 0.2) is 17.9 Å². The summed E-state index contributed by atoms with van der Waals surface area (Å²) in [6.45, 7) is 0. The van der Waals surface area contributed by atoms with E-state index < -0.39 is 0 Å². The smallest absolute Gasteiger partial charge is 0.126 e. The van der Waals surface area contributed by atoms with Crippen molar-refractivity contribution in [1.82, 2.24) is 0 Å². The summed E-state index contributed by atoms with van der Waals surface area (Å²) >= 11 is 0. The van der Waals surface area contributed by atoms with Crippen LogP contribution in [0.4, 0.5) is 0 Å². The van der Waals surface area contributed by atoms with Gasteiger partial charge in [-0.1, -0.05) is 6.07 Å². The lowest BCUT2D eigenvalue weighted by molar-refractivity contribution is 1.45. The Morgan fingerprint density at radius 2 is 2.50 bits per heavy atom. The average molecular weight is 126 g/mol. The van der Waals surface area contributed by atoms with E-state index in [1.165, 1.54) is 0 Å². The van der Waals surface area contributed by atoms with Crippen LogP contribution in [0.25, 0.3) is 0 Å². The molecule has 0 aliphatic carbocycles. The second kappa shape index (κ2) is 2.01. The summed E-state index contributed by atoms with van der Waals surface area (Å²) in [5, 5.41) is 7.92. The van der Waals surface area contributed by atoms with Gasteiger partial charge in [0.25, 0.3) is 0 Å². The molecule has 0 fully saturated rings. The van der Waals surface area contributed by atoms with Crippen molar-refractivity contribution < 1.29 is 0 Å². The molecule has 0 aliphatic rings. The van der Waals surface area contributed by atoms with Gasteiger partial charge in [-0.3, -0.25) is 5.41 Å². The van der Waals surface area contributed by atoms with Crippen molar-refractivity contribution in [3.05, 3.63) is 23.2 Å². The molecule has 0 saturated carbocycles. The van der Waals surface area contributed by atoms with Gasteiger partial charge >= 0.3 is 0 Å². The minimum Gasteiger partial charge on any atom is -0.383 e. The van der Waals surface area contributed by atoms with Gasteiger partial charge in [0, 0.05) is 5.30 Å². The van der Waals surface area contributed by atoms with Crippen molar-refractivity contribution in [3.8, 4) is 0 Å². The van der Waals surface area contributed by atoms with Crippen LogP contribution in [0, 0.1) is 5.41 Å². The molecule has 0 aromatic carbocycles. The lowest BCUT2D eigenvalue weighted by atomic mass is 10.4. The SMILES string of the molecule is N=C(N)c1ccc[pH]1. The Balaban J connectivity index is 2.93. The molecule has 1 unspecified atom stereocenters. The van der Waals surface area contributed by atoms with Crippen molar-refractivity contribution in [2.24, 2.45) is 5.73 Å². The summed E-state index contributed by atoms with van der Waals surface area (Å²) in [4.78, 5) is 0. The molecule has 0 spiro atoms. The Labute approximate surface area is 49.3 Å². The molecule has 1 heterocycles. The van der Waals surface area contributed by atoms with E-state index in [0.717, 1.165) is 5.30 Å². The van der Waals surface area contributed by atoms with Gasteiger partial charge in [-0.05, 0) is 11.9 Å². The first-order valence-corrected chi connectivity index (χ1v) is 3.36. The minimum atomic E-state index is 0.202. The summed E-state index contributed by atoms with van der Waals surface area (Å²) in [5.41, 5.74) is 5.18. The average Bonchev–Trinajstić information content (AvgIpc) is 2.12. The van der Waals surface area contributed by atoms with Crippen LogP contribution in [0.2, 0.25) is 0 Å². The molecule has 1 aromatic rings. The Morgan fingerprint density at radius 1 is 1.75 bits per heavy atom. The van der Waals surface area contributed by atoms with Crippen LogP contribution in [0.3, 0.4) is 0 Å². The number of amidine groups is 1. The third kappa shape index (κ3) is 0.903. The maximum Gasteiger partial charge on any atom is 0.126 e. The van der Waals surface area contributed by atoms with Crippen molar-refractivity contribution in [3.63, 3.8) is 0 Å². The van der Waals surface area contributed by atoms with E-state index in [0.29, 0.717) is 8.19 Å². The van der Waals surface area contributed by atoms with Crippen LogP contribution in [-0.2, 0) is 0 Å². The van der Waals surface area contributed by atoms with E-state index in [1.807, 2.05) is 17.9 Å². The van der Waals surface area contributed by atoms with Crippen molar-refractivity contribution in [2.75, 3.05) is 0 Å². The van der Waals surface area contributed by atoms with E-state index in [1.54, 1.807) is 0 Å². The highest BCUT2D eigenvalue weighted by atomic mass is 31.0. The van der Waals surface area contributed by atoms with E-state index in [-0.39, 0.29) is 5.84 Å².